The summed E-state index contributed by atoms with van der Waals surface area (Å²) in [6, 6.07) is 0. The van der Waals surface area contributed by atoms with Gasteiger partial charge < -0.3 is 19.7 Å². The summed E-state index contributed by atoms with van der Waals surface area (Å²) in [6.45, 7) is 4.09. The average Bonchev–Trinajstić information content (AvgIpc) is 2.29. The van der Waals surface area contributed by atoms with Crippen LogP contribution in [0.3, 0.4) is 0 Å². The highest BCUT2D eigenvalue weighted by Crippen LogP contribution is 2.20. The molecule has 0 saturated heterocycles. The molecule has 0 rings (SSSR count). The SMILES string of the molecule is CCCC(C)(CO)CO.COC(=O)OC. The van der Waals surface area contributed by atoms with Gasteiger partial charge in [-0.05, 0) is 6.42 Å². The number of hydrogen-bond donors (Lipinski definition) is 2. The van der Waals surface area contributed by atoms with Gasteiger partial charge in [0.1, 0.15) is 0 Å². The lowest BCUT2D eigenvalue weighted by Gasteiger charge is -2.23. The van der Waals surface area contributed by atoms with Crippen molar-refractivity contribution in [2.24, 2.45) is 5.41 Å². The molecule has 0 amide bonds. The monoisotopic (exact) mass is 222 g/mol. The summed E-state index contributed by atoms with van der Waals surface area (Å²) in [5.74, 6) is 0. The average molecular weight is 222 g/mol. The van der Waals surface area contributed by atoms with Gasteiger partial charge in [0.15, 0.2) is 0 Å². The Morgan fingerprint density at radius 1 is 1.20 bits per heavy atom. The van der Waals surface area contributed by atoms with E-state index in [1.165, 1.54) is 14.2 Å². The van der Waals surface area contributed by atoms with Crippen LogP contribution in [-0.4, -0.2) is 43.8 Å². The number of rotatable bonds is 4. The van der Waals surface area contributed by atoms with Gasteiger partial charge in [0.25, 0.3) is 0 Å². The maximum atomic E-state index is 9.74. The Labute approximate surface area is 91.0 Å². The van der Waals surface area contributed by atoms with E-state index in [1.54, 1.807) is 0 Å². The highest BCUT2D eigenvalue weighted by atomic mass is 16.7. The third-order valence-electron chi connectivity index (χ3n) is 1.95. The second-order valence-corrected chi connectivity index (χ2v) is 3.54. The zero-order valence-electron chi connectivity index (χ0n) is 9.95. The van der Waals surface area contributed by atoms with Gasteiger partial charge in [0, 0.05) is 5.41 Å². The third kappa shape index (κ3) is 9.49. The van der Waals surface area contributed by atoms with E-state index in [4.69, 9.17) is 10.2 Å². The predicted molar refractivity (Wildman–Crippen MR) is 56.6 cm³/mol. The minimum Gasteiger partial charge on any atom is -0.438 e. The van der Waals surface area contributed by atoms with Crippen LogP contribution in [0, 0.1) is 5.41 Å². The normalized spacial score (nSPS) is 10.0. The third-order valence-corrected chi connectivity index (χ3v) is 1.95. The van der Waals surface area contributed by atoms with E-state index in [-0.39, 0.29) is 18.6 Å². The Morgan fingerprint density at radius 3 is 1.67 bits per heavy atom. The van der Waals surface area contributed by atoms with Gasteiger partial charge in [-0.1, -0.05) is 20.3 Å². The van der Waals surface area contributed by atoms with Crippen molar-refractivity contribution < 1.29 is 24.5 Å². The first-order chi connectivity index (χ1) is 6.99. The molecule has 0 aromatic rings. The van der Waals surface area contributed by atoms with Crippen molar-refractivity contribution in [1.29, 1.82) is 0 Å². The predicted octanol–water partition coefficient (Wildman–Crippen LogP) is 1.18. The number of aliphatic hydroxyl groups excluding tert-OH is 2. The number of methoxy groups -OCH3 is 2. The maximum absolute atomic E-state index is 9.74. The fraction of sp³-hybridized carbons (Fsp3) is 0.900. The standard InChI is InChI=1S/C7H16O2.C3H6O3/c1-3-4-7(2,5-8)6-9;1-5-3(4)6-2/h8-9H,3-6H2,1-2H3;1-2H3. The van der Waals surface area contributed by atoms with Crippen LogP contribution in [0.4, 0.5) is 4.79 Å². The summed E-state index contributed by atoms with van der Waals surface area (Å²) >= 11 is 0. The molecule has 2 N–H and O–H groups in total. The molecule has 5 heteroatoms. The second kappa shape index (κ2) is 9.73. The number of aliphatic hydroxyl groups is 2. The summed E-state index contributed by atoms with van der Waals surface area (Å²) in [7, 11) is 2.51. The summed E-state index contributed by atoms with van der Waals surface area (Å²) in [5, 5.41) is 17.5. The molecule has 0 saturated carbocycles. The van der Waals surface area contributed by atoms with Crippen LogP contribution in [0.15, 0.2) is 0 Å². The zero-order chi connectivity index (χ0) is 12.3. The quantitative estimate of drug-likeness (QED) is 0.698. The lowest BCUT2D eigenvalue weighted by atomic mass is 9.88. The fourth-order valence-electron chi connectivity index (χ4n) is 0.895. The largest absolute Gasteiger partial charge is 0.507 e. The van der Waals surface area contributed by atoms with E-state index in [0.29, 0.717) is 0 Å². The molecule has 0 bridgehead atoms. The smallest absolute Gasteiger partial charge is 0.438 e. The van der Waals surface area contributed by atoms with Gasteiger partial charge in [-0.25, -0.2) is 4.79 Å². The van der Waals surface area contributed by atoms with Crippen LogP contribution >= 0.6 is 0 Å². The van der Waals surface area contributed by atoms with Crippen molar-refractivity contribution in [2.75, 3.05) is 27.4 Å². The first kappa shape index (κ1) is 16.6. The Balaban J connectivity index is 0. The van der Waals surface area contributed by atoms with Gasteiger partial charge in [-0.15, -0.1) is 0 Å². The lowest BCUT2D eigenvalue weighted by Crippen LogP contribution is -2.25. The highest BCUT2D eigenvalue weighted by molar-refractivity contribution is 5.59. The van der Waals surface area contributed by atoms with E-state index in [1.807, 2.05) is 13.8 Å². The fourth-order valence-corrected chi connectivity index (χ4v) is 0.895. The summed E-state index contributed by atoms with van der Waals surface area (Å²) in [6.07, 6.45) is 1.24. The van der Waals surface area contributed by atoms with Crippen molar-refractivity contribution in [3.8, 4) is 0 Å². The summed E-state index contributed by atoms with van der Waals surface area (Å²) < 4.78 is 8.08. The van der Waals surface area contributed by atoms with E-state index in [2.05, 4.69) is 9.47 Å². The van der Waals surface area contributed by atoms with Crippen LogP contribution in [0.1, 0.15) is 26.7 Å². The molecule has 15 heavy (non-hydrogen) atoms. The molecule has 0 spiro atoms. The van der Waals surface area contributed by atoms with Gasteiger partial charge in [-0.2, -0.15) is 0 Å². The Morgan fingerprint density at radius 2 is 1.60 bits per heavy atom. The molecule has 92 valence electrons. The molecule has 0 atom stereocenters. The van der Waals surface area contributed by atoms with Crippen molar-refractivity contribution in [3.05, 3.63) is 0 Å². The molecular weight excluding hydrogens is 200 g/mol. The first-order valence-corrected chi connectivity index (χ1v) is 4.83. The maximum Gasteiger partial charge on any atom is 0.507 e. The topological polar surface area (TPSA) is 76.0 Å². The van der Waals surface area contributed by atoms with E-state index < -0.39 is 6.16 Å². The second-order valence-electron chi connectivity index (χ2n) is 3.54. The first-order valence-electron chi connectivity index (χ1n) is 4.83. The minimum absolute atomic E-state index is 0.0807. The number of hydrogen-bond acceptors (Lipinski definition) is 5. The lowest BCUT2D eigenvalue weighted by molar-refractivity contribution is 0.0622. The molecule has 0 unspecified atom stereocenters. The van der Waals surface area contributed by atoms with Crippen LogP contribution in [0.5, 0.6) is 0 Å². The van der Waals surface area contributed by atoms with E-state index in [9.17, 15) is 4.79 Å². The van der Waals surface area contributed by atoms with Gasteiger partial charge >= 0.3 is 6.16 Å². The molecule has 0 aromatic carbocycles. The van der Waals surface area contributed by atoms with Crippen molar-refractivity contribution >= 4 is 6.16 Å². The summed E-state index contributed by atoms with van der Waals surface area (Å²) in [4.78, 5) is 9.74. The molecule has 0 aliphatic heterocycles. The molecule has 5 nitrogen and oxygen atoms in total. The van der Waals surface area contributed by atoms with Crippen LogP contribution < -0.4 is 0 Å². The van der Waals surface area contributed by atoms with Crippen LogP contribution in [0.2, 0.25) is 0 Å². The van der Waals surface area contributed by atoms with Gasteiger partial charge in [-0.3, -0.25) is 0 Å². The van der Waals surface area contributed by atoms with Crippen molar-refractivity contribution in [3.63, 3.8) is 0 Å². The molecule has 0 fully saturated rings. The molecule has 0 aromatic heterocycles. The molecule has 0 aliphatic rings. The Kier molecular flexibility index (Phi) is 10.8. The van der Waals surface area contributed by atoms with Gasteiger partial charge in [0.05, 0.1) is 27.4 Å². The van der Waals surface area contributed by atoms with Crippen LogP contribution in [0.25, 0.3) is 0 Å². The van der Waals surface area contributed by atoms with E-state index >= 15 is 0 Å². The zero-order valence-corrected chi connectivity index (χ0v) is 9.95. The highest BCUT2D eigenvalue weighted by Gasteiger charge is 2.20. The number of carbonyl (C=O) groups is 1. The molecule has 0 aliphatic carbocycles. The van der Waals surface area contributed by atoms with Crippen molar-refractivity contribution in [1.82, 2.24) is 0 Å². The number of carbonyl (C=O) groups excluding carboxylic acids is 1. The number of ether oxygens (including phenoxy) is 2. The Hall–Kier alpha value is -0.810. The van der Waals surface area contributed by atoms with Crippen LogP contribution in [-0.2, 0) is 9.47 Å². The Bertz CT molecular complexity index is 148. The van der Waals surface area contributed by atoms with E-state index in [0.717, 1.165) is 12.8 Å². The summed E-state index contributed by atoms with van der Waals surface area (Å²) in [5.41, 5.74) is -0.255. The molecular formula is C10H22O5. The minimum atomic E-state index is -0.657. The van der Waals surface area contributed by atoms with Gasteiger partial charge in [0.2, 0.25) is 0 Å². The molecule has 0 radical (unpaired) electrons. The van der Waals surface area contributed by atoms with Crippen molar-refractivity contribution in [2.45, 2.75) is 26.7 Å². The molecule has 0 heterocycles.